The van der Waals surface area contributed by atoms with E-state index in [1.807, 2.05) is 6.92 Å². The van der Waals surface area contributed by atoms with Crippen molar-refractivity contribution in [1.29, 1.82) is 0 Å². The van der Waals surface area contributed by atoms with Gasteiger partial charge in [0.15, 0.2) is 26.0 Å². The fraction of sp³-hybridized carbons (Fsp3) is 0.480. The second-order valence-electron chi connectivity index (χ2n) is 10.4. The van der Waals surface area contributed by atoms with Crippen molar-refractivity contribution < 1.29 is 23.5 Å². The number of hydrogen-bond acceptors (Lipinski definition) is 6. The summed E-state index contributed by atoms with van der Waals surface area (Å²) in [5.41, 5.74) is 0.675. The number of carbonyl (C=O) groups excluding carboxylic acids is 1. The predicted octanol–water partition coefficient (Wildman–Crippen LogP) is 4.88. The molecular formula is C25H33FN4O4Si. The van der Waals surface area contributed by atoms with E-state index >= 15 is 4.39 Å². The molecule has 0 unspecified atom stereocenters. The molecule has 0 spiro atoms. The fourth-order valence-corrected chi connectivity index (χ4v) is 5.31. The highest BCUT2D eigenvalue weighted by Crippen LogP contribution is 2.43. The van der Waals surface area contributed by atoms with Gasteiger partial charge in [-0.05, 0) is 36.7 Å². The minimum Gasteiger partial charge on any atom is -0.407 e. The molecule has 0 aliphatic carbocycles. The lowest BCUT2D eigenvalue weighted by Crippen LogP contribution is -2.48. The van der Waals surface area contributed by atoms with Crippen LogP contribution in [0.4, 0.5) is 10.2 Å². The number of amides is 1. The average molecular weight is 501 g/mol. The summed E-state index contributed by atoms with van der Waals surface area (Å²) < 4.78 is 29.6. The van der Waals surface area contributed by atoms with E-state index in [1.54, 1.807) is 34.9 Å². The van der Waals surface area contributed by atoms with Gasteiger partial charge in [-0.1, -0.05) is 45.9 Å². The van der Waals surface area contributed by atoms with Gasteiger partial charge in [-0.2, -0.15) is 0 Å². The molecule has 1 aliphatic rings. The van der Waals surface area contributed by atoms with Crippen molar-refractivity contribution >= 4 is 31.1 Å². The van der Waals surface area contributed by atoms with Gasteiger partial charge in [0.05, 0.1) is 11.5 Å². The summed E-state index contributed by atoms with van der Waals surface area (Å²) >= 11 is 0. The van der Waals surface area contributed by atoms with Crippen LogP contribution in [-0.2, 0) is 9.16 Å². The number of hydrogen-bond donors (Lipinski definition) is 2. The lowest BCUT2D eigenvalue weighted by molar-refractivity contribution is -0.0324. The van der Waals surface area contributed by atoms with Crippen molar-refractivity contribution in [2.75, 3.05) is 5.32 Å². The van der Waals surface area contributed by atoms with Gasteiger partial charge in [0.25, 0.3) is 5.91 Å². The van der Waals surface area contributed by atoms with Crippen LogP contribution in [0.15, 0.2) is 42.9 Å². The second-order valence-corrected chi connectivity index (χ2v) is 15.2. The van der Waals surface area contributed by atoms with Crippen molar-refractivity contribution in [2.45, 2.75) is 76.8 Å². The van der Waals surface area contributed by atoms with E-state index in [0.717, 1.165) is 0 Å². The SMILES string of the molecule is CC[C@H]1O[C@@H](n2cc(F)c3c(NC(=O)c4ccccc4)ncnc32)[C@H](O[Si](C)(C)C(C)(C)C)[C@@H]1O. The second kappa shape index (κ2) is 9.42. The normalized spacial score (nSPS) is 23.1. The molecule has 1 aromatic carbocycles. The Hall–Kier alpha value is -2.66. The van der Waals surface area contributed by atoms with Crippen molar-refractivity contribution in [1.82, 2.24) is 14.5 Å². The Morgan fingerprint density at radius 3 is 2.57 bits per heavy atom. The molecule has 10 heteroatoms. The van der Waals surface area contributed by atoms with Crippen LogP contribution in [0.25, 0.3) is 11.0 Å². The molecular weight excluding hydrogens is 467 g/mol. The maximum absolute atomic E-state index is 15.3. The third kappa shape index (κ3) is 4.75. The zero-order valence-electron chi connectivity index (χ0n) is 20.9. The first kappa shape index (κ1) is 25.4. The highest BCUT2D eigenvalue weighted by molar-refractivity contribution is 6.74. The van der Waals surface area contributed by atoms with E-state index in [9.17, 15) is 9.90 Å². The highest BCUT2D eigenvalue weighted by atomic mass is 28.4. The molecule has 4 rings (SSSR count). The summed E-state index contributed by atoms with van der Waals surface area (Å²) in [6.45, 7) is 12.5. The first-order valence-corrected chi connectivity index (χ1v) is 14.7. The largest absolute Gasteiger partial charge is 0.407 e. The number of ether oxygens (including phenoxy) is 1. The molecule has 188 valence electrons. The number of nitrogens with zero attached hydrogens (tertiary/aromatic N) is 3. The maximum atomic E-state index is 15.3. The van der Waals surface area contributed by atoms with Gasteiger partial charge in [-0.3, -0.25) is 4.79 Å². The Morgan fingerprint density at radius 1 is 1.26 bits per heavy atom. The standard InChI is InChI=1S/C25H33FN4O4Si/c1-7-17-19(31)20(34-35(5,6)25(2,3)4)24(33-17)30-13-16(26)18-21(27-14-28-22(18)30)29-23(32)15-11-9-8-10-12-15/h8-14,17,19-20,24,31H,7H2,1-6H3,(H,27,28,29,32)/t17-,19-,20-,24-/m1/s1. The van der Waals surface area contributed by atoms with Crippen molar-refractivity contribution in [3.63, 3.8) is 0 Å². The number of carbonyl (C=O) groups is 1. The average Bonchev–Trinajstić information content (AvgIpc) is 3.30. The Kier molecular flexibility index (Phi) is 6.84. The van der Waals surface area contributed by atoms with Crippen LogP contribution in [0.1, 0.15) is 50.7 Å². The molecule has 4 atom stereocenters. The van der Waals surface area contributed by atoms with E-state index < -0.39 is 44.6 Å². The van der Waals surface area contributed by atoms with Crippen LogP contribution < -0.4 is 5.32 Å². The Balaban J connectivity index is 1.73. The van der Waals surface area contributed by atoms with Crippen molar-refractivity contribution in [3.8, 4) is 0 Å². The van der Waals surface area contributed by atoms with Crippen molar-refractivity contribution in [2.24, 2.45) is 0 Å². The van der Waals surface area contributed by atoms with E-state index in [2.05, 4.69) is 49.1 Å². The summed E-state index contributed by atoms with van der Waals surface area (Å²) in [6.07, 6.45) is 0.287. The fourth-order valence-electron chi connectivity index (χ4n) is 4.02. The Labute approximate surface area is 205 Å². The van der Waals surface area contributed by atoms with Crippen LogP contribution in [0.5, 0.6) is 0 Å². The summed E-state index contributed by atoms with van der Waals surface area (Å²) in [5.74, 6) is -0.948. The molecule has 0 saturated carbocycles. The number of halogens is 1. The topological polar surface area (TPSA) is 98.5 Å². The molecule has 3 aromatic rings. The number of fused-ring (bicyclic) bond motifs is 1. The number of aliphatic hydroxyl groups excluding tert-OH is 1. The number of benzene rings is 1. The maximum Gasteiger partial charge on any atom is 0.256 e. The number of nitrogens with one attached hydrogen (secondary N) is 1. The van der Waals surface area contributed by atoms with Crippen molar-refractivity contribution in [3.05, 3.63) is 54.2 Å². The first-order valence-electron chi connectivity index (χ1n) is 11.8. The summed E-state index contributed by atoms with van der Waals surface area (Å²) in [7, 11) is -2.30. The lowest BCUT2D eigenvalue weighted by atomic mass is 10.1. The Morgan fingerprint density at radius 2 is 1.94 bits per heavy atom. The van der Waals surface area contributed by atoms with Gasteiger partial charge in [-0.25, -0.2) is 14.4 Å². The van der Waals surface area contributed by atoms with Crippen LogP contribution in [-0.4, -0.2) is 52.2 Å². The summed E-state index contributed by atoms with van der Waals surface area (Å²) in [5, 5.41) is 13.7. The van der Waals surface area contributed by atoms with E-state index in [0.29, 0.717) is 12.0 Å². The minimum absolute atomic E-state index is 0.0626. The summed E-state index contributed by atoms with van der Waals surface area (Å²) in [6, 6.07) is 8.63. The molecule has 2 N–H and O–H groups in total. The van der Waals surface area contributed by atoms with Crippen LogP contribution in [0.2, 0.25) is 18.1 Å². The number of anilines is 1. The zero-order valence-corrected chi connectivity index (χ0v) is 21.9. The zero-order chi connectivity index (χ0) is 25.5. The monoisotopic (exact) mass is 500 g/mol. The Bertz CT molecular complexity index is 1210. The van der Waals surface area contributed by atoms with Gasteiger partial charge in [0.1, 0.15) is 24.4 Å². The van der Waals surface area contributed by atoms with Crippen LogP contribution >= 0.6 is 0 Å². The molecule has 8 nitrogen and oxygen atoms in total. The molecule has 0 radical (unpaired) electrons. The third-order valence-electron chi connectivity index (χ3n) is 7.06. The minimum atomic E-state index is -2.30. The van der Waals surface area contributed by atoms with E-state index in [-0.39, 0.29) is 21.9 Å². The third-order valence-corrected chi connectivity index (χ3v) is 11.5. The van der Waals surface area contributed by atoms with Gasteiger partial charge >= 0.3 is 0 Å². The number of aliphatic hydroxyl groups is 1. The molecule has 1 saturated heterocycles. The molecule has 2 aromatic heterocycles. The van der Waals surface area contributed by atoms with E-state index in [4.69, 9.17) is 9.16 Å². The van der Waals surface area contributed by atoms with Gasteiger partial charge in [-0.15, -0.1) is 0 Å². The van der Waals surface area contributed by atoms with Crippen LogP contribution in [0, 0.1) is 5.82 Å². The molecule has 0 bridgehead atoms. The van der Waals surface area contributed by atoms with Gasteiger partial charge in [0.2, 0.25) is 0 Å². The van der Waals surface area contributed by atoms with Gasteiger partial charge < -0.3 is 24.2 Å². The van der Waals surface area contributed by atoms with E-state index in [1.165, 1.54) is 12.5 Å². The molecule has 35 heavy (non-hydrogen) atoms. The molecule has 3 heterocycles. The highest BCUT2D eigenvalue weighted by Gasteiger charge is 2.50. The summed E-state index contributed by atoms with van der Waals surface area (Å²) in [4.78, 5) is 21.1. The number of aromatic nitrogens is 3. The van der Waals surface area contributed by atoms with Crippen LogP contribution in [0.3, 0.4) is 0 Å². The number of rotatable bonds is 6. The quantitative estimate of drug-likeness (QED) is 0.468. The molecule has 1 fully saturated rings. The lowest BCUT2D eigenvalue weighted by Gasteiger charge is -2.40. The first-order chi connectivity index (χ1) is 16.4. The predicted molar refractivity (Wildman–Crippen MR) is 134 cm³/mol. The smallest absolute Gasteiger partial charge is 0.256 e. The molecule has 1 amide bonds. The molecule has 1 aliphatic heterocycles. The van der Waals surface area contributed by atoms with Gasteiger partial charge in [0, 0.05) is 11.8 Å².